The third kappa shape index (κ3) is 4.58. The number of ether oxygens (including phenoxy) is 1. The minimum absolute atomic E-state index is 0.0904. The first kappa shape index (κ1) is 15.5. The second-order valence-electron chi connectivity index (χ2n) is 4.77. The van der Waals surface area contributed by atoms with Crippen LogP contribution in [0.4, 0.5) is 0 Å². The lowest BCUT2D eigenvalue weighted by molar-refractivity contribution is -0.137. The summed E-state index contributed by atoms with van der Waals surface area (Å²) in [5.41, 5.74) is 2.35. The van der Waals surface area contributed by atoms with Crippen molar-refractivity contribution in [3.8, 4) is 5.75 Å². The summed E-state index contributed by atoms with van der Waals surface area (Å²) >= 11 is 0. The van der Waals surface area contributed by atoms with E-state index in [1.165, 1.54) is 5.56 Å². The molecule has 0 radical (unpaired) electrons. The van der Waals surface area contributed by atoms with Crippen molar-refractivity contribution >= 4 is 5.97 Å². The summed E-state index contributed by atoms with van der Waals surface area (Å²) in [6.07, 6.45) is 2.92. The van der Waals surface area contributed by atoms with Crippen LogP contribution in [0.25, 0.3) is 0 Å². The summed E-state index contributed by atoms with van der Waals surface area (Å²) in [7, 11) is 0. The Morgan fingerprint density at radius 2 is 2.05 bits per heavy atom. The molecule has 0 bridgehead atoms. The number of hydrogen-bond donors (Lipinski definition) is 1. The second kappa shape index (κ2) is 7.82. The number of rotatable bonds is 8. The molecule has 0 aliphatic heterocycles. The van der Waals surface area contributed by atoms with E-state index in [0.717, 1.165) is 37.2 Å². The lowest BCUT2D eigenvalue weighted by atomic mass is 9.88. The largest absolute Gasteiger partial charge is 0.494 e. The van der Waals surface area contributed by atoms with Crippen LogP contribution < -0.4 is 4.74 Å². The van der Waals surface area contributed by atoms with E-state index in [2.05, 4.69) is 19.9 Å². The number of aryl methyl sites for hydroxylation is 1. The molecule has 1 N–H and O–H groups in total. The minimum Gasteiger partial charge on any atom is -0.494 e. The van der Waals surface area contributed by atoms with Crippen LogP contribution in [0.3, 0.4) is 0 Å². The van der Waals surface area contributed by atoms with Gasteiger partial charge in [-0.2, -0.15) is 0 Å². The average Bonchev–Trinajstić information content (AvgIpc) is 2.42. The molecule has 0 heterocycles. The van der Waals surface area contributed by atoms with E-state index in [4.69, 9.17) is 9.84 Å². The van der Waals surface area contributed by atoms with Gasteiger partial charge in [0.1, 0.15) is 5.75 Å². The molecule has 0 aliphatic carbocycles. The van der Waals surface area contributed by atoms with Crippen LogP contribution in [0.1, 0.15) is 57.1 Å². The summed E-state index contributed by atoms with van der Waals surface area (Å²) in [5, 5.41) is 8.99. The van der Waals surface area contributed by atoms with Crippen LogP contribution in [0.5, 0.6) is 5.75 Å². The van der Waals surface area contributed by atoms with E-state index >= 15 is 0 Å². The fraction of sp³-hybridized carbons (Fsp3) is 0.562. The summed E-state index contributed by atoms with van der Waals surface area (Å²) in [6.45, 7) is 6.92. The smallest absolute Gasteiger partial charge is 0.303 e. The topological polar surface area (TPSA) is 46.5 Å². The first-order valence-corrected chi connectivity index (χ1v) is 7.09. The van der Waals surface area contributed by atoms with Gasteiger partial charge in [-0.15, -0.1) is 0 Å². The van der Waals surface area contributed by atoms with Crippen molar-refractivity contribution in [3.63, 3.8) is 0 Å². The van der Waals surface area contributed by atoms with Gasteiger partial charge in [0, 0.05) is 0 Å². The van der Waals surface area contributed by atoms with Gasteiger partial charge in [0.25, 0.3) is 0 Å². The standard InChI is InChI=1S/C16H24O3/c1-4-9-19-14-7-8-15(12(5-2)10-14)13(6-3)11-16(17)18/h7-8,10,13H,4-6,9,11H2,1-3H3,(H,17,18). The van der Waals surface area contributed by atoms with Crippen LogP contribution in [0.2, 0.25) is 0 Å². The number of aliphatic carboxylic acids is 1. The van der Waals surface area contributed by atoms with Crippen molar-refractivity contribution < 1.29 is 14.6 Å². The van der Waals surface area contributed by atoms with Crippen molar-refractivity contribution in [2.45, 2.75) is 52.4 Å². The van der Waals surface area contributed by atoms with E-state index in [1.54, 1.807) is 0 Å². The van der Waals surface area contributed by atoms with Gasteiger partial charge in [-0.25, -0.2) is 0 Å². The Balaban J connectivity index is 2.96. The molecule has 0 aliphatic rings. The van der Waals surface area contributed by atoms with Crippen LogP contribution in [-0.2, 0) is 11.2 Å². The fourth-order valence-corrected chi connectivity index (χ4v) is 2.28. The van der Waals surface area contributed by atoms with Crippen LogP contribution in [-0.4, -0.2) is 17.7 Å². The number of carboxylic acid groups (broad SMARTS) is 1. The summed E-state index contributed by atoms with van der Waals surface area (Å²) < 4.78 is 5.63. The van der Waals surface area contributed by atoms with Crippen molar-refractivity contribution in [3.05, 3.63) is 29.3 Å². The Morgan fingerprint density at radius 3 is 2.58 bits per heavy atom. The Kier molecular flexibility index (Phi) is 6.40. The molecule has 1 rings (SSSR count). The molecule has 0 fully saturated rings. The van der Waals surface area contributed by atoms with Crippen molar-refractivity contribution in [1.29, 1.82) is 0 Å². The highest BCUT2D eigenvalue weighted by Crippen LogP contribution is 2.29. The van der Waals surface area contributed by atoms with E-state index < -0.39 is 5.97 Å². The lowest BCUT2D eigenvalue weighted by Crippen LogP contribution is -2.08. The predicted octanol–water partition coefficient (Wildman–Crippen LogP) is 4.01. The second-order valence-corrected chi connectivity index (χ2v) is 4.77. The van der Waals surface area contributed by atoms with Gasteiger partial charge in [0.15, 0.2) is 0 Å². The molecule has 1 aromatic rings. The third-order valence-electron chi connectivity index (χ3n) is 3.32. The van der Waals surface area contributed by atoms with E-state index in [9.17, 15) is 4.79 Å². The first-order valence-electron chi connectivity index (χ1n) is 7.09. The zero-order valence-electron chi connectivity index (χ0n) is 12.1. The van der Waals surface area contributed by atoms with Crippen molar-refractivity contribution in [2.75, 3.05) is 6.61 Å². The number of carboxylic acids is 1. The van der Waals surface area contributed by atoms with Gasteiger partial charge >= 0.3 is 5.97 Å². The van der Waals surface area contributed by atoms with Gasteiger partial charge in [0.05, 0.1) is 13.0 Å². The summed E-state index contributed by atoms with van der Waals surface area (Å²) in [5.74, 6) is 0.237. The Labute approximate surface area is 115 Å². The van der Waals surface area contributed by atoms with Gasteiger partial charge in [0.2, 0.25) is 0 Å². The molecule has 1 aromatic carbocycles. The quantitative estimate of drug-likeness (QED) is 0.771. The third-order valence-corrected chi connectivity index (χ3v) is 3.32. The normalized spacial score (nSPS) is 12.2. The van der Waals surface area contributed by atoms with Crippen molar-refractivity contribution in [1.82, 2.24) is 0 Å². The molecular formula is C16H24O3. The first-order chi connectivity index (χ1) is 9.12. The van der Waals surface area contributed by atoms with Crippen LogP contribution in [0.15, 0.2) is 18.2 Å². The highest BCUT2D eigenvalue weighted by atomic mass is 16.5. The van der Waals surface area contributed by atoms with E-state index in [0.29, 0.717) is 0 Å². The maximum Gasteiger partial charge on any atom is 0.303 e. The lowest BCUT2D eigenvalue weighted by Gasteiger charge is -2.18. The molecule has 0 saturated carbocycles. The maximum absolute atomic E-state index is 10.9. The molecule has 3 nitrogen and oxygen atoms in total. The molecule has 19 heavy (non-hydrogen) atoms. The fourth-order valence-electron chi connectivity index (χ4n) is 2.28. The molecule has 0 amide bonds. The zero-order chi connectivity index (χ0) is 14.3. The van der Waals surface area contributed by atoms with Gasteiger partial charge < -0.3 is 9.84 Å². The Hall–Kier alpha value is -1.51. The zero-order valence-corrected chi connectivity index (χ0v) is 12.1. The maximum atomic E-state index is 10.9. The van der Waals surface area contributed by atoms with E-state index in [-0.39, 0.29) is 12.3 Å². The molecule has 0 saturated heterocycles. The molecule has 1 unspecified atom stereocenters. The van der Waals surface area contributed by atoms with Gasteiger partial charge in [-0.1, -0.05) is 26.8 Å². The molecule has 3 heteroatoms. The van der Waals surface area contributed by atoms with Crippen LogP contribution in [0, 0.1) is 0 Å². The summed E-state index contributed by atoms with van der Waals surface area (Å²) in [4.78, 5) is 10.9. The van der Waals surface area contributed by atoms with Gasteiger partial charge in [-0.05, 0) is 48.4 Å². The number of benzene rings is 1. The molecule has 106 valence electrons. The Morgan fingerprint density at radius 1 is 1.32 bits per heavy atom. The average molecular weight is 264 g/mol. The highest BCUT2D eigenvalue weighted by Gasteiger charge is 2.16. The molecular weight excluding hydrogens is 240 g/mol. The predicted molar refractivity (Wildman–Crippen MR) is 76.9 cm³/mol. The van der Waals surface area contributed by atoms with Crippen LogP contribution >= 0.6 is 0 Å². The molecule has 0 aromatic heterocycles. The number of hydrogen-bond acceptors (Lipinski definition) is 2. The Bertz CT molecular complexity index is 412. The molecule has 0 spiro atoms. The minimum atomic E-state index is -0.736. The number of carbonyl (C=O) groups is 1. The molecule has 1 atom stereocenters. The van der Waals surface area contributed by atoms with Crippen molar-refractivity contribution in [2.24, 2.45) is 0 Å². The van der Waals surface area contributed by atoms with Gasteiger partial charge in [-0.3, -0.25) is 4.79 Å². The van der Waals surface area contributed by atoms with E-state index in [1.807, 2.05) is 19.1 Å². The SMILES string of the molecule is CCCOc1ccc(C(CC)CC(=O)O)c(CC)c1. The monoisotopic (exact) mass is 264 g/mol. The highest BCUT2D eigenvalue weighted by molar-refractivity contribution is 5.68. The summed E-state index contributed by atoms with van der Waals surface area (Å²) in [6, 6.07) is 6.03.